The van der Waals surface area contributed by atoms with Gasteiger partial charge in [0.1, 0.15) is 0 Å². The van der Waals surface area contributed by atoms with Crippen LogP contribution in [0.3, 0.4) is 0 Å². The van der Waals surface area contributed by atoms with Crippen LogP contribution in [-0.2, 0) is 9.59 Å². The molecule has 5 nitrogen and oxygen atoms in total. The Morgan fingerprint density at radius 2 is 2.24 bits per heavy atom. The molecule has 0 bridgehead atoms. The van der Waals surface area contributed by atoms with Crippen molar-refractivity contribution in [3.63, 3.8) is 0 Å². The molecule has 0 saturated carbocycles. The number of rotatable bonds is 4. The van der Waals surface area contributed by atoms with Crippen LogP contribution in [0.4, 0.5) is 0 Å². The Morgan fingerprint density at radius 3 is 2.86 bits per heavy atom. The molecule has 0 spiro atoms. The van der Waals surface area contributed by atoms with Crippen LogP contribution < -0.4 is 11.1 Å². The van der Waals surface area contributed by atoms with Crippen LogP contribution in [0.1, 0.15) is 18.0 Å². The predicted octanol–water partition coefficient (Wildman–Crippen LogP) is 1.36. The Balaban J connectivity index is 0.00000220. The Morgan fingerprint density at radius 1 is 1.52 bits per heavy atom. The molecular formula is C14H19Cl2N3O2. The van der Waals surface area contributed by atoms with Gasteiger partial charge in [-0.15, -0.1) is 12.4 Å². The van der Waals surface area contributed by atoms with E-state index in [0.717, 1.165) is 5.56 Å². The molecule has 0 aromatic heterocycles. The summed E-state index contributed by atoms with van der Waals surface area (Å²) in [6.07, 6.45) is 0.212. The van der Waals surface area contributed by atoms with Crippen molar-refractivity contribution in [2.45, 2.75) is 12.5 Å². The lowest BCUT2D eigenvalue weighted by molar-refractivity contribution is -0.128. The number of likely N-dealkylation sites (tertiary alicyclic amines) is 1. The van der Waals surface area contributed by atoms with Crippen molar-refractivity contribution in [1.29, 1.82) is 0 Å². The van der Waals surface area contributed by atoms with Crippen molar-refractivity contribution >= 4 is 35.8 Å². The second kappa shape index (κ2) is 7.64. The molecule has 2 rings (SSSR count). The molecule has 1 aromatic rings. The van der Waals surface area contributed by atoms with Gasteiger partial charge in [0.25, 0.3) is 0 Å². The van der Waals surface area contributed by atoms with Gasteiger partial charge in [-0.1, -0.05) is 23.7 Å². The predicted molar refractivity (Wildman–Crippen MR) is 84.4 cm³/mol. The molecular weight excluding hydrogens is 313 g/mol. The molecule has 1 aliphatic rings. The van der Waals surface area contributed by atoms with Crippen LogP contribution in [0.25, 0.3) is 0 Å². The van der Waals surface area contributed by atoms with Crippen molar-refractivity contribution in [1.82, 2.24) is 10.2 Å². The summed E-state index contributed by atoms with van der Waals surface area (Å²) in [5, 5.41) is 3.35. The van der Waals surface area contributed by atoms with Gasteiger partial charge in [0.15, 0.2) is 0 Å². The fourth-order valence-corrected chi connectivity index (χ4v) is 2.78. The summed E-state index contributed by atoms with van der Waals surface area (Å²) in [5.74, 6) is -0.585. The maximum atomic E-state index is 12.2. The number of hydrogen-bond donors (Lipinski definition) is 2. The molecule has 1 aromatic carbocycles. The fraction of sp³-hybridized carbons (Fsp3) is 0.429. The van der Waals surface area contributed by atoms with Crippen molar-refractivity contribution < 1.29 is 9.59 Å². The molecule has 1 saturated heterocycles. The summed E-state index contributed by atoms with van der Waals surface area (Å²) in [7, 11) is 1.71. The summed E-state index contributed by atoms with van der Waals surface area (Å²) >= 11 is 6.00. The number of nitrogens with zero attached hydrogens (tertiary/aromatic N) is 1. The smallest absolute Gasteiger partial charge is 0.226 e. The molecule has 2 amide bonds. The van der Waals surface area contributed by atoms with Gasteiger partial charge in [0, 0.05) is 31.6 Å². The van der Waals surface area contributed by atoms with E-state index in [1.165, 1.54) is 0 Å². The minimum absolute atomic E-state index is 0. The summed E-state index contributed by atoms with van der Waals surface area (Å²) in [6.45, 7) is 0.791. The standard InChI is InChI=1S/C14H18ClN3O2.ClH/c1-18-12(19)8-11(14(20)17-6-5-16)13(18)9-3-2-4-10(15)7-9;/h2-4,7,11,13H,5-6,8,16H2,1H3,(H,17,20);1H. The molecule has 0 radical (unpaired) electrons. The zero-order valence-electron chi connectivity index (χ0n) is 11.7. The average molecular weight is 332 g/mol. The van der Waals surface area contributed by atoms with E-state index >= 15 is 0 Å². The Labute approximate surface area is 135 Å². The molecule has 116 valence electrons. The average Bonchev–Trinajstić information content (AvgIpc) is 2.72. The second-order valence-corrected chi connectivity index (χ2v) is 5.33. The first-order chi connectivity index (χ1) is 9.54. The van der Waals surface area contributed by atoms with E-state index in [1.54, 1.807) is 24.1 Å². The first kappa shape index (κ1) is 17.8. The SMILES string of the molecule is CN1C(=O)CC(C(=O)NCCN)C1c1cccc(Cl)c1.Cl. The fourth-order valence-electron chi connectivity index (χ4n) is 2.58. The highest BCUT2D eigenvalue weighted by Gasteiger charge is 2.42. The third-order valence-electron chi connectivity index (χ3n) is 3.56. The summed E-state index contributed by atoms with van der Waals surface area (Å²) < 4.78 is 0. The first-order valence-electron chi connectivity index (χ1n) is 6.53. The van der Waals surface area contributed by atoms with E-state index in [-0.39, 0.29) is 36.7 Å². The summed E-state index contributed by atoms with van der Waals surface area (Å²) in [4.78, 5) is 25.7. The van der Waals surface area contributed by atoms with E-state index in [4.69, 9.17) is 17.3 Å². The van der Waals surface area contributed by atoms with Crippen LogP contribution in [0.5, 0.6) is 0 Å². The lowest BCUT2D eigenvalue weighted by Crippen LogP contribution is -2.37. The van der Waals surface area contributed by atoms with Gasteiger partial charge in [-0.2, -0.15) is 0 Å². The number of nitrogens with two attached hydrogens (primary N) is 1. The number of amides is 2. The zero-order valence-corrected chi connectivity index (χ0v) is 13.3. The molecule has 1 aliphatic heterocycles. The molecule has 0 aliphatic carbocycles. The maximum absolute atomic E-state index is 12.2. The van der Waals surface area contributed by atoms with Gasteiger partial charge >= 0.3 is 0 Å². The van der Waals surface area contributed by atoms with Gasteiger partial charge in [-0.3, -0.25) is 9.59 Å². The highest BCUT2D eigenvalue weighted by atomic mass is 35.5. The van der Waals surface area contributed by atoms with Crippen molar-refractivity contribution in [3.05, 3.63) is 34.9 Å². The van der Waals surface area contributed by atoms with Crippen molar-refractivity contribution in [2.24, 2.45) is 11.7 Å². The van der Waals surface area contributed by atoms with Crippen LogP contribution in [-0.4, -0.2) is 36.9 Å². The Bertz CT molecular complexity index is 525. The molecule has 2 unspecified atom stereocenters. The minimum atomic E-state index is -0.405. The third kappa shape index (κ3) is 3.87. The molecule has 2 atom stereocenters. The van der Waals surface area contributed by atoms with Crippen LogP contribution >= 0.6 is 24.0 Å². The highest BCUT2D eigenvalue weighted by Crippen LogP contribution is 2.37. The topological polar surface area (TPSA) is 75.4 Å². The van der Waals surface area contributed by atoms with E-state index in [2.05, 4.69) is 5.32 Å². The first-order valence-corrected chi connectivity index (χ1v) is 6.91. The maximum Gasteiger partial charge on any atom is 0.226 e. The second-order valence-electron chi connectivity index (χ2n) is 4.89. The normalized spacial score (nSPS) is 21.1. The van der Waals surface area contributed by atoms with Crippen LogP contribution in [0.2, 0.25) is 5.02 Å². The van der Waals surface area contributed by atoms with E-state index < -0.39 is 5.92 Å². The van der Waals surface area contributed by atoms with Gasteiger partial charge < -0.3 is 16.0 Å². The van der Waals surface area contributed by atoms with Gasteiger partial charge in [0.2, 0.25) is 11.8 Å². The number of carbonyl (C=O) groups excluding carboxylic acids is 2. The molecule has 7 heteroatoms. The quantitative estimate of drug-likeness (QED) is 0.874. The number of nitrogens with one attached hydrogen (secondary N) is 1. The highest BCUT2D eigenvalue weighted by molar-refractivity contribution is 6.30. The van der Waals surface area contributed by atoms with Crippen molar-refractivity contribution in [3.8, 4) is 0 Å². The van der Waals surface area contributed by atoms with E-state index in [1.807, 2.05) is 12.1 Å². The Hall–Kier alpha value is -1.30. The van der Waals surface area contributed by atoms with Gasteiger partial charge in [0.05, 0.1) is 12.0 Å². The zero-order chi connectivity index (χ0) is 14.7. The number of benzene rings is 1. The lowest BCUT2D eigenvalue weighted by atomic mass is 9.93. The lowest BCUT2D eigenvalue weighted by Gasteiger charge is -2.25. The van der Waals surface area contributed by atoms with E-state index in [9.17, 15) is 9.59 Å². The monoisotopic (exact) mass is 331 g/mol. The molecule has 21 heavy (non-hydrogen) atoms. The number of carbonyl (C=O) groups is 2. The number of hydrogen-bond acceptors (Lipinski definition) is 3. The summed E-state index contributed by atoms with van der Waals surface area (Å²) in [5.41, 5.74) is 6.26. The van der Waals surface area contributed by atoms with Crippen molar-refractivity contribution in [2.75, 3.05) is 20.1 Å². The minimum Gasteiger partial charge on any atom is -0.355 e. The number of halogens is 2. The largest absolute Gasteiger partial charge is 0.355 e. The third-order valence-corrected chi connectivity index (χ3v) is 3.79. The van der Waals surface area contributed by atoms with E-state index in [0.29, 0.717) is 18.1 Å². The van der Waals surface area contributed by atoms with Gasteiger partial charge in [-0.05, 0) is 17.7 Å². The van der Waals surface area contributed by atoms with Crippen LogP contribution in [0.15, 0.2) is 24.3 Å². The molecule has 1 heterocycles. The Kier molecular flexibility index (Phi) is 6.45. The van der Waals surface area contributed by atoms with Gasteiger partial charge in [-0.25, -0.2) is 0 Å². The molecule has 3 N–H and O–H groups in total. The summed E-state index contributed by atoms with van der Waals surface area (Å²) in [6, 6.07) is 6.99. The molecule has 1 fully saturated rings. The van der Waals surface area contributed by atoms with Crippen LogP contribution in [0, 0.1) is 5.92 Å².